The molecule has 12 heavy (non-hydrogen) atoms. The van der Waals surface area contributed by atoms with Crippen LogP contribution in [0.3, 0.4) is 0 Å². The lowest BCUT2D eigenvalue weighted by atomic mass is 9.82. The maximum Gasteiger partial charge on any atom is 0.263 e. The highest BCUT2D eigenvalue weighted by Crippen LogP contribution is 2.41. The van der Waals surface area contributed by atoms with Crippen LogP contribution >= 0.6 is 9.24 Å². The second-order valence-corrected chi connectivity index (χ2v) is 5.39. The molecule has 0 amide bonds. The lowest BCUT2D eigenvalue weighted by Gasteiger charge is -2.24. The molecular weight excluding hydrogens is 178 g/mol. The third kappa shape index (κ3) is 1.65. The highest BCUT2D eigenvalue weighted by molar-refractivity contribution is 7.22. The van der Waals surface area contributed by atoms with Crippen molar-refractivity contribution < 1.29 is 8.78 Å². The summed E-state index contributed by atoms with van der Waals surface area (Å²) in [6.45, 7) is 4.25. The third-order valence-corrected chi connectivity index (χ3v) is 3.10. The molecule has 0 N–H and O–H groups in total. The van der Waals surface area contributed by atoms with Crippen molar-refractivity contribution in [3.63, 3.8) is 0 Å². The van der Waals surface area contributed by atoms with E-state index in [2.05, 4.69) is 9.24 Å². The van der Waals surface area contributed by atoms with Crippen LogP contribution in [-0.4, -0.2) is 42.9 Å². The Kier molecular flexibility index (Phi) is 2.53. The Hall–Kier alpha value is 0.315. The molecule has 2 atom stereocenters. The van der Waals surface area contributed by atoms with E-state index in [0.29, 0.717) is 6.54 Å². The van der Waals surface area contributed by atoms with E-state index >= 15 is 0 Å². The fourth-order valence-electron chi connectivity index (χ4n) is 1.39. The number of halogens is 2. The Morgan fingerprint density at radius 3 is 2.08 bits per heavy atom. The summed E-state index contributed by atoms with van der Waals surface area (Å²) in [5.41, 5.74) is 0. The molecule has 0 aromatic heterocycles. The fourth-order valence-corrected chi connectivity index (χ4v) is 1.72. The van der Waals surface area contributed by atoms with Gasteiger partial charge in [0.1, 0.15) is 7.85 Å². The Balaban J connectivity index is 2.74. The van der Waals surface area contributed by atoms with Crippen molar-refractivity contribution in [1.29, 1.82) is 0 Å². The van der Waals surface area contributed by atoms with Crippen molar-refractivity contribution in [3.8, 4) is 0 Å². The predicted octanol–water partition coefficient (Wildman–Crippen LogP) is 0.550. The smallest absolute Gasteiger partial charge is 0.263 e. The molecule has 0 spiro atoms. The molecule has 1 rings (SSSR count). The highest BCUT2D eigenvalue weighted by atomic mass is 31.0. The molecule has 0 aromatic rings. The van der Waals surface area contributed by atoms with Gasteiger partial charge in [-0.3, -0.25) is 4.90 Å². The SMILES string of the molecule is BC1(P)CN(C(C)C)CC1(F)F. The summed E-state index contributed by atoms with van der Waals surface area (Å²) in [5, 5.41) is -0.947. The van der Waals surface area contributed by atoms with E-state index in [1.165, 1.54) is 0 Å². The predicted molar refractivity (Wildman–Crippen MR) is 52.6 cm³/mol. The van der Waals surface area contributed by atoms with Crippen LogP contribution in [0, 0.1) is 0 Å². The van der Waals surface area contributed by atoms with E-state index in [1.54, 1.807) is 7.85 Å². The van der Waals surface area contributed by atoms with Crippen molar-refractivity contribution in [3.05, 3.63) is 0 Å². The van der Waals surface area contributed by atoms with E-state index in [4.69, 9.17) is 0 Å². The first-order chi connectivity index (χ1) is 5.26. The minimum Gasteiger partial charge on any atom is -0.295 e. The van der Waals surface area contributed by atoms with Gasteiger partial charge in [0.15, 0.2) is 0 Å². The molecule has 1 heterocycles. The first-order valence-electron chi connectivity index (χ1n) is 4.17. The minimum absolute atomic E-state index is 0.106. The van der Waals surface area contributed by atoms with Crippen LogP contribution in [0.2, 0.25) is 0 Å². The number of nitrogens with zero attached hydrogens (tertiary/aromatic N) is 1. The summed E-state index contributed by atoms with van der Waals surface area (Å²) in [4.78, 5) is 1.81. The fraction of sp³-hybridized carbons (Fsp3) is 1.00. The maximum absolute atomic E-state index is 13.3. The molecule has 70 valence electrons. The Morgan fingerprint density at radius 1 is 1.42 bits per heavy atom. The van der Waals surface area contributed by atoms with Gasteiger partial charge in [-0.25, -0.2) is 8.78 Å². The number of hydrogen-bond acceptors (Lipinski definition) is 1. The molecule has 2 unspecified atom stereocenters. The maximum atomic E-state index is 13.3. The van der Waals surface area contributed by atoms with Crippen molar-refractivity contribution in [2.45, 2.75) is 30.9 Å². The standard InChI is InChI=1S/C7H15BF2NP/c1-5(2)11-3-6(8,12)7(9,10)4-11/h5H,3-4,8,12H2,1-2H3. The van der Waals surface area contributed by atoms with Gasteiger partial charge in [-0.1, -0.05) is 0 Å². The lowest BCUT2D eigenvalue weighted by Crippen LogP contribution is -2.41. The molecule has 0 aromatic carbocycles. The van der Waals surface area contributed by atoms with Gasteiger partial charge in [0, 0.05) is 17.6 Å². The molecule has 1 fully saturated rings. The normalized spacial score (nSPS) is 36.2. The van der Waals surface area contributed by atoms with Gasteiger partial charge in [0.25, 0.3) is 5.92 Å². The van der Waals surface area contributed by atoms with Crippen LogP contribution < -0.4 is 0 Å². The summed E-state index contributed by atoms with van der Waals surface area (Å²) in [5.74, 6) is -2.57. The second kappa shape index (κ2) is 2.92. The first kappa shape index (κ1) is 10.4. The Labute approximate surface area is 75.5 Å². The zero-order chi connectivity index (χ0) is 9.57. The van der Waals surface area contributed by atoms with E-state index in [9.17, 15) is 8.78 Å². The van der Waals surface area contributed by atoms with Crippen molar-refractivity contribution in [1.82, 2.24) is 4.90 Å². The molecule has 1 nitrogen and oxygen atoms in total. The average molecular weight is 193 g/mol. The molecular formula is C7H15BF2NP. The molecule has 0 saturated carbocycles. The van der Waals surface area contributed by atoms with E-state index in [0.717, 1.165) is 0 Å². The summed E-state index contributed by atoms with van der Waals surface area (Å²) in [7, 11) is 3.87. The topological polar surface area (TPSA) is 3.24 Å². The Morgan fingerprint density at radius 2 is 1.92 bits per heavy atom. The molecule has 0 radical (unpaired) electrons. The first-order valence-corrected chi connectivity index (χ1v) is 4.75. The van der Waals surface area contributed by atoms with Gasteiger partial charge in [-0.15, -0.1) is 9.24 Å². The van der Waals surface area contributed by atoms with Crippen LogP contribution in [0.25, 0.3) is 0 Å². The second-order valence-electron chi connectivity index (χ2n) is 4.12. The summed E-state index contributed by atoms with van der Waals surface area (Å²) < 4.78 is 26.5. The van der Waals surface area contributed by atoms with Gasteiger partial charge in [0.05, 0.1) is 6.54 Å². The Bertz CT molecular complexity index is 168. The molecule has 0 aliphatic carbocycles. The van der Waals surface area contributed by atoms with Crippen LogP contribution in [0.15, 0.2) is 0 Å². The van der Waals surface area contributed by atoms with Gasteiger partial charge in [-0.2, -0.15) is 0 Å². The van der Waals surface area contributed by atoms with Crippen LogP contribution in [0.5, 0.6) is 0 Å². The number of alkyl halides is 2. The van der Waals surface area contributed by atoms with E-state index in [-0.39, 0.29) is 12.6 Å². The summed E-state index contributed by atoms with van der Waals surface area (Å²) in [6.07, 6.45) is 0. The highest BCUT2D eigenvalue weighted by Gasteiger charge is 2.54. The van der Waals surface area contributed by atoms with Crippen molar-refractivity contribution >= 4 is 17.1 Å². The van der Waals surface area contributed by atoms with Crippen molar-refractivity contribution in [2.24, 2.45) is 0 Å². The van der Waals surface area contributed by atoms with Crippen LogP contribution in [-0.2, 0) is 0 Å². The monoisotopic (exact) mass is 193 g/mol. The zero-order valence-electron chi connectivity index (χ0n) is 7.77. The quantitative estimate of drug-likeness (QED) is 0.434. The van der Waals surface area contributed by atoms with Gasteiger partial charge in [-0.05, 0) is 13.8 Å². The molecule has 1 saturated heterocycles. The number of likely N-dealkylation sites (tertiary alicyclic amines) is 1. The minimum atomic E-state index is -2.57. The largest absolute Gasteiger partial charge is 0.295 e. The van der Waals surface area contributed by atoms with Gasteiger partial charge >= 0.3 is 0 Å². The third-order valence-electron chi connectivity index (χ3n) is 2.50. The average Bonchev–Trinajstić information content (AvgIpc) is 2.03. The van der Waals surface area contributed by atoms with Gasteiger partial charge < -0.3 is 0 Å². The van der Waals surface area contributed by atoms with Crippen LogP contribution in [0.1, 0.15) is 13.8 Å². The zero-order valence-corrected chi connectivity index (χ0v) is 8.93. The summed E-state index contributed by atoms with van der Waals surface area (Å²) >= 11 is 0. The van der Waals surface area contributed by atoms with E-state index < -0.39 is 11.0 Å². The van der Waals surface area contributed by atoms with Crippen molar-refractivity contribution in [2.75, 3.05) is 13.1 Å². The molecule has 1 aliphatic rings. The number of rotatable bonds is 1. The van der Waals surface area contributed by atoms with E-state index in [1.807, 2.05) is 18.7 Å². The molecule has 1 aliphatic heterocycles. The molecule has 5 heteroatoms. The van der Waals surface area contributed by atoms with Gasteiger partial charge in [0.2, 0.25) is 0 Å². The summed E-state index contributed by atoms with van der Waals surface area (Å²) in [6, 6.07) is 0.207. The van der Waals surface area contributed by atoms with Crippen LogP contribution in [0.4, 0.5) is 8.78 Å². The lowest BCUT2D eigenvalue weighted by molar-refractivity contribution is 0.00432. The molecule has 0 bridgehead atoms. The number of hydrogen-bond donors (Lipinski definition) is 0.